The molecule has 0 spiro atoms. The van der Waals surface area contributed by atoms with Gasteiger partial charge >= 0.3 is 0 Å². The first-order valence-electron chi connectivity index (χ1n) is 12.2. The third-order valence-electron chi connectivity index (χ3n) is 7.93. The fraction of sp³-hybridized carbons (Fsp3) is 0.118. The Balaban J connectivity index is 1.62. The molecule has 0 aromatic heterocycles. The summed E-state index contributed by atoms with van der Waals surface area (Å²) in [6, 6.07) is 41.3. The first-order valence-corrected chi connectivity index (χ1v) is 12.2. The Morgan fingerprint density at radius 1 is 0.471 bits per heavy atom. The van der Waals surface area contributed by atoms with Gasteiger partial charge in [0.2, 0.25) is 0 Å². The van der Waals surface area contributed by atoms with Gasteiger partial charge in [0.05, 0.1) is 5.41 Å². The SMILES string of the molecule is Cc1ccc(C2(c3ccc(C)cc3)c3ccccc3-c3cc4c(cc32)-c2ccccc2C4)cc1. The van der Waals surface area contributed by atoms with Gasteiger partial charge in [-0.3, -0.25) is 0 Å². The maximum atomic E-state index is 2.51. The van der Waals surface area contributed by atoms with Gasteiger partial charge in [0.1, 0.15) is 0 Å². The van der Waals surface area contributed by atoms with Crippen molar-refractivity contribution in [1.82, 2.24) is 0 Å². The largest absolute Gasteiger partial charge is 0.0713 e. The fourth-order valence-corrected chi connectivity index (χ4v) is 6.30. The summed E-state index contributed by atoms with van der Waals surface area (Å²) in [4.78, 5) is 0. The van der Waals surface area contributed by atoms with Gasteiger partial charge in [-0.25, -0.2) is 0 Å². The third-order valence-corrected chi connectivity index (χ3v) is 7.93. The lowest BCUT2D eigenvalue weighted by molar-refractivity contribution is 0.767. The predicted molar refractivity (Wildman–Crippen MR) is 141 cm³/mol. The Morgan fingerprint density at radius 3 is 1.74 bits per heavy atom. The van der Waals surface area contributed by atoms with Crippen LogP contribution in [0.2, 0.25) is 0 Å². The maximum Gasteiger partial charge on any atom is 0.0713 e. The molecule has 0 atom stereocenters. The van der Waals surface area contributed by atoms with E-state index in [4.69, 9.17) is 0 Å². The minimum absolute atomic E-state index is 0.333. The molecule has 0 amide bonds. The molecule has 2 aliphatic carbocycles. The molecule has 0 heteroatoms. The van der Waals surface area contributed by atoms with Crippen molar-refractivity contribution in [3.63, 3.8) is 0 Å². The van der Waals surface area contributed by atoms with Crippen LogP contribution in [-0.2, 0) is 11.8 Å². The van der Waals surface area contributed by atoms with E-state index in [2.05, 4.69) is 123 Å². The summed E-state index contributed by atoms with van der Waals surface area (Å²) in [6.07, 6.45) is 1.02. The number of fused-ring (bicyclic) bond motifs is 6. The van der Waals surface area contributed by atoms with Crippen molar-refractivity contribution in [1.29, 1.82) is 0 Å². The third kappa shape index (κ3) is 2.54. The van der Waals surface area contributed by atoms with E-state index in [1.807, 2.05) is 0 Å². The zero-order valence-corrected chi connectivity index (χ0v) is 19.6. The van der Waals surface area contributed by atoms with Crippen molar-refractivity contribution in [3.8, 4) is 22.3 Å². The highest BCUT2D eigenvalue weighted by Crippen LogP contribution is 2.58. The molecule has 0 fully saturated rings. The molecule has 0 saturated heterocycles. The summed E-state index contributed by atoms with van der Waals surface area (Å²) >= 11 is 0. The number of benzene rings is 5. The van der Waals surface area contributed by atoms with Crippen LogP contribution in [0.4, 0.5) is 0 Å². The minimum atomic E-state index is -0.333. The van der Waals surface area contributed by atoms with Crippen LogP contribution in [0.25, 0.3) is 22.3 Å². The number of hydrogen-bond donors (Lipinski definition) is 0. The molecular formula is C34H26. The highest BCUT2D eigenvalue weighted by atomic mass is 14.5. The Labute approximate surface area is 201 Å². The average Bonchev–Trinajstić information content (AvgIpc) is 3.37. The molecule has 2 aliphatic rings. The van der Waals surface area contributed by atoms with Crippen LogP contribution in [0.15, 0.2) is 109 Å². The predicted octanol–water partition coefficient (Wildman–Crippen LogP) is 8.24. The molecule has 0 N–H and O–H groups in total. The van der Waals surface area contributed by atoms with Gasteiger partial charge in [-0.1, -0.05) is 108 Å². The maximum absolute atomic E-state index is 2.51. The van der Waals surface area contributed by atoms with E-state index in [1.165, 1.54) is 66.8 Å². The Kier molecular flexibility index (Phi) is 4.05. The van der Waals surface area contributed by atoms with E-state index >= 15 is 0 Å². The van der Waals surface area contributed by atoms with Gasteiger partial charge in [-0.05, 0) is 88.0 Å². The summed E-state index contributed by atoms with van der Waals surface area (Å²) in [5.74, 6) is 0. The summed E-state index contributed by atoms with van der Waals surface area (Å²) in [6.45, 7) is 4.34. The Hall–Kier alpha value is -3.90. The molecule has 34 heavy (non-hydrogen) atoms. The summed E-state index contributed by atoms with van der Waals surface area (Å²) < 4.78 is 0. The van der Waals surface area contributed by atoms with Gasteiger partial charge in [0, 0.05) is 0 Å². The van der Waals surface area contributed by atoms with Crippen molar-refractivity contribution < 1.29 is 0 Å². The van der Waals surface area contributed by atoms with E-state index < -0.39 is 0 Å². The van der Waals surface area contributed by atoms with Crippen molar-refractivity contribution >= 4 is 0 Å². The second kappa shape index (κ2) is 7.05. The average molecular weight is 435 g/mol. The highest BCUT2D eigenvalue weighted by molar-refractivity contribution is 5.91. The van der Waals surface area contributed by atoms with E-state index in [0.29, 0.717) is 0 Å². The molecule has 5 aromatic carbocycles. The number of hydrogen-bond acceptors (Lipinski definition) is 0. The molecule has 0 bridgehead atoms. The zero-order chi connectivity index (χ0) is 22.9. The summed E-state index contributed by atoms with van der Waals surface area (Å²) in [5, 5.41) is 0. The molecule has 0 aliphatic heterocycles. The van der Waals surface area contributed by atoms with Crippen LogP contribution in [0, 0.1) is 13.8 Å². The van der Waals surface area contributed by atoms with Crippen LogP contribution in [-0.4, -0.2) is 0 Å². The van der Waals surface area contributed by atoms with Gasteiger partial charge in [0.15, 0.2) is 0 Å². The molecule has 5 aromatic rings. The standard InChI is InChI=1S/C34H26/c1-22-11-15-26(16-12-22)34(27-17-13-23(2)14-18-27)32-10-6-5-9-29(32)31-20-25-19-24-7-3-4-8-28(24)30(25)21-33(31)34/h3-18,20-21H,19H2,1-2H3. The molecule has 0 heterocycles. The lowest BCUT2D eigenvalue weighted by atomic mass is 9.67. The molecule has 0 nitrogen and oxygen atoms in total. The normalized spacial score (nSPS) is 14.3. The first kappa shape index (κ1) is 19.6. The topological polar surface area (TPSA) is 0 Å². The number of rotatable bonds is 2. The van der Waals surface area contributed by atoms with Crippen molar-refractivity contribution in [2.45, 2.75) is 25.7 Å². The van der Waals surface area contributed by atoms with Crippen LogP contribution in [0.5, 0.6) is 0 Å². The molecule has 162 valence electrons. The highest BCUT2D eigenvalue weighted by Gasteiger charge is 2.46. The van der Waals surface area contributed by atoms with Gasteiger partial charge in [0.25, 0.3) is 0 Å². The Morgan fingerprint density at radius 2 is 1.06 bits per heavy atom. The summed E-state index contributed by atoms with van der Waals surface area (Å²) in [5.41, 5.74) is 16.1. The van der Waals surface area contributed by atoms with E-state index in [9.17, 15) is 0 Å². The van der Waals surface area contributed by atoms with Gasteiger partial charge in [-0.2, -0.15) is 0 Å². The van der Waals surface area contributed by atoms with Crippen LogP contribution in [0.3, 0.4) is 0 Å². The van der Waals surface area contributed by atoms with Crippen LogP contribution >= 0.6 is 0 Å². The first-order chi connectivity index (χ1) is 16.7. The lowest BCUT2D eigenvalue weighted by Gasteiger charge is -2.34. The van der Waals surface area contributed by atoms with Crippen LogP contribution in [0.1, 0.15) is 44.5 Å². The zero-order valence-electron chi connectivity index (χ0n) is 19.6. The lowest BCUT2D eigenvalue weighted by Crippen LogP contribution is -2.28. The molecule has 0 radical (unpaired) electrons. The van der Waals surface area contributed by atoms with E-state index in [1.54, 1.807) is 0 Å². The minimum Gasteiger partial charge on any atom is -0.0619 e. The van der Waals surface area contributed by atoms with Crippen molar-refractivity contribution in [3.05, 3.63) is 154 Å². The Bertz CT molecular complexity index is 1520. The van der Waals surface area contributed by atoms with E-state index in [0.717, 1.165) is 6.42 Å². The molecule has 0 unspecified atom stereocenters. The smallest absolute Gasteiger partial charge is 0.0619 e. The van der Waals surface area contributed by atoms with Crippen molar-refractivity contribution in [2.75, 3.05) is 0 Å². The second-order valence-electron chi connectivity index (χ2n) is 9.92. The van der Waals surface area contributed by atoms with E-state index in [-0.39, 0.29) is 5.41 Å². The molecule has 0 saturated carbocycles. The van der Waals surface area contributed by atoms with Gasteiger partial charge in [-0.15, -0.1) is 0 Å². The molecular weight excluding hydrogens is 408 g/mol. The molecule has 7 rings (SSSR count). The second-order valence-corrected chi connectivity index (χ2v) is 9.92. The monoisotopic (exact) mass is 434 g/mol. The quantitative estimate of drug-likeness (QED) is 0.257. The van der Waals surface area contributed by atoms with Crippen molar-refractivity contribution in [2.24, 2.45) is 0 Å². The summed E-state index contributed by atoms with van der Waals surface area (Å²) in [7, 11) is 0. The van der Waals surface area contributed by atoms with Crippen LogP contribution < -0.4 is 0 Å². The van der Waals surface area contributed by atoms with Gasteiger partial charge < -0.3 is 0 Å². The number of aryl methyl sites for hydroxylation is 2. The fourth-order valence-electron chi connectivity index (χ4n) is 6.30.